The van der Waals surface area contributed by atoms with Gasteiger partial charge in [0.15, 0.2) is 0 Å². The first-order chi connectivity index (χ1) is 11.6. The molecule has 4 heteroatoms. The molecule has 0 bridgehead atoms. The van der Waals surface area contributed by atoms with E-state index in [0.29, 0.717) is 6.61 Å². The average molecular weight is 322 g/mol. The van der Waals surface area contributed by atoms with Crippen LogP contribution < -0.4 is 0 Å². The highest BCUT2D eigenvalue weighted by atomic mass is 16.5. The summed E-state index contributed by atoms with van der Waals surface area (Å²) in [6.45, 7) is 6.49. The van der Waals surface area contributed by atoms with Crippen molar-refractivity contribution < 1.29 is 9.53 Å². The fraction of sp³-hybridized carbons (Fsp3) is 0.300. The van der Waals surface area contributed by atoms with Crippen LogP contribution in [0.15, 0.2) is 42.5 Å². The van der Waals surface area contributed by atoms with E-state index in [4.69, 9.17) is 4.74 Å². The summed E-state index contributed by atoms with van der Waals surface area (Å²) in [4.78, 5) is 11.9. The van der Waals surface area contributed by atoms with E-state index in [0.717, 1.165) is 34.1 Å². The lowest BCUT2D eigenvalue weighted by molar-refractivity contribution is -0.143. The summed E-state index contributed by atoms with van der Waals surface area (Å²) in [5.41, 5.74) is 5.49. The zero-order valence-electron chi connectivity index (χ0n) is 14.4. The third-order valence-electron chi connectivity index (χ3n) is 4.13. The van der Waals surface area contributed by atoms with Crippen LogP contribution in [-0.2, 0) is 22.5 Å². The van der Waals surface area contributed by atoms with Gasteiger partial charge in [-0.15, -0.1) is 0 Å². The van der Waals surface area contributed by atoms with E-state index in [2.05, 4.69) is 61.4 Å². The molecule has 0 saturated heterocycles. The van der Waals surface area contributed by atoms with Crippen LogP contribution in [-0.4, -0.2) is 22.4 Å². The van der Waals surface area contributed by atoms with Gasteiger partial charge in [-0.25, -0.2) is 0 Å². The Morgan fingerprint density at radius 2 is 1.79 bits per heavy atom. The molecule has 0 aliphatic rings. The van der Waals surface area contributed by atoms with Gasteiger partial charge in [0.05, 0.1) is 17.8 Å². The average Bonchev–Trinajstić information content (AvgIpc) is 2.93. The second kappa shape index (κ2) is 6.87. The highest BCUT2D eigenvalue weighted by Gasteiger charge is 2.13. The zero-order chi connectivity index (χ0) is 17.1. The molecule has 4 nitrogen and oxygen atoms in total. The molecule has 0 amide bonds. The standard InChI is InChI=1S/C20H22N2O2/c1-4-18-17-11-10-16(15-8-6-14(3)7-9-15)12-19(17)22(21-18)13-20(23)24-5-2/h6-12H,4-5,13H2,1-3H3. The topological polar surface area (TPSA) is 44.1 Å². The Morgan fingerprint density at radius 3 is 2.46 bits per heavy atom. The normalized spacial score (nSPS) is 11.0. The van der Waals surface area contributed by atoms with Gasteiger partial charge in [0.2, 0.25) is 0 Å². The van der Waals surface area contributed by atoms with Gasteiger partial charge >= 0.3 is 5.97 Å². The maximum Gasteiger partial charge on any atom is 0.327 e. The van der Waals surface area contributed by atoms with Crippen LogP contribution >= 0.6 is 0 Å². The highest BCUT2D eigenvalue weighted by molar-refractivity contribution is 5.87. The number of hydrogen-bond acceptors (Lipinski definition) is 3. The van der Waals surface area contributed by atoms with Crippen molar-refractivity contribution in [2.24, 2.45) is 0 Å². The second-order valence-electron chi connectivity index (χ2n) is 5.86. The molecule has 0 spiro atoms. The number of benzene rings is 2. The van der Waals surface area contributed by atoms with E-state index in [9.17, 15) is 4.79 Å². The summed E-state index contributed by atoms with van der Waals surface area (Å²) in [6.07, 6.45) is 0.830. The Hall–Kier alpha value is -2.62. The maximum atomic E-state index is 11.9. The second-order valence-corrected chi connectivity index (χ2v) is 5.86. The van der Waals surface area contributed by atoms with Crippen molar-refractivity contribution in [3.63, 3.8) is 0 Å². The van der Waals surface area contributed by atoms with E-state index in [-0.39, 0.29) is 12.5 Å². The number of ether oxygens (including phenoxy) is 1. The lowest BCUT2D eigenvalue weighted by atomic mass is 10.0. The van der Waals surface area contributed by atoms with Gasteiger partial charge in [-0.2, -0.15) is 5.10 Å². The predicted octanol–water partition coefficient (Wildman–Crippen LogP) is 4.14. The molecule has 0 aliphatic carbocycles. The molecule has 0 aliphatic heterocycles. The minimum Gasteiger partial charge on any atom is -0.465 e. The first-order valence-corrected chi connectivity index (χ1v) is 8.34. The number of esters is 1. The van der Waals surface area contributed by atoms with Crippen LogP contribution in [0.2, 0.25) is 0 Å². The number of carbonyl (C=O) groups excluding carboxylic acids is 1. The Morgan fingerprint density at radius 1 is 1.08 bits per heavy atom. The van der Waals surface area contributed by atoms with Crippen molar-refractivity contribution in [3.8, 4) is 11.1 Å². The monoisotopic (exact) mass is 322 g/mol. The minimum atomic E-state index is -0.259. The molecule has 3 aromatic rings. The highest BCUT2D eigenvalue weighted by Crippen LogP contribution is 2.27. The van der Waals surface area contributed by atoms with Crippen LogP contribution in [0, 0.1) is 6.92 Å². The smallest absolute Gasteiger partial charge is 0.327 e. The lowest BCUT2D eigenvalue weighted by Crippen LogP contribution is -2.14. The fourth-order valence-electron chi connectivity index (χ4n) is 2.88. The summed E-state index contributed by atoms with van der Waals surface area (Å²) in [7, 11) is 0. The molecule has 1 aromatic heterocycles. The van der Waals surface area contributed by atoms with E-state index in [1.165, 1.54) is 5.56 Å². The Bertz CT molecular complexity index is 863. The number of carbonyl (C=O) groups is 1. The summed E-state index contributed by atoms with van der Waals surface area (Å²) < 4.78 is 6.82. The summed E-state index contributed by atoms with van der Waals surface area (Å²) in [5.74, 6) is -0.259. The molecular formula is C20H22N2O2. The number of fused-ring (bicyclic) bond motifs is 1. The zero-order valence-corrected chi connectivity index (χ0v) is 14.4. The van der Waals surface area contributed by atoms with Crippen LogP contribution in [0.3, 0.4) is 0 Å². The molecular weight excluding hydrogens is 300 g/mol. The largest absolute Gasteiger partial charge is 0.465 e. The quantitative estimate of drug-likeness (QED) is 0.663. The van der Waals surface area contributed by atoms with E-state index in [1.807, 2.05) is 6.92 Å². The van der Waals surface area contributed by atoms with E-state index in [1.54, 1.807) is 4.68 Å². The van der Waals surface area contributed by atoms with E-state index < -0.39 is 0 Å². The van der Waals surface area contributed by atoms with Crippen molar-refractivity contribution in [1.29, 1.82) is 0 Å². The molecule has 0 N–H and O–H groups in total. The Balaban J connectivity index is 2.06. The van der Waals surface area contributed by atoms with Crippen molar-refractivity contribution in [2.45, 2.75) is 33.7 Å². The van der Waals surface area contributed by atoms with Crippen LogP contribution in [0.25, 0.3) is 22.0 Å². The first kappa shape index (κ1) is 16.2. The van der Waals surface area contributed by atoms with Crippen molar-refractivity contribution in [3.05, 3.63) is 53.7 Å². The lowest BCUT2D eigenvalue weighted by Gasteiger charge is -2.06. The van der Waals surface area contributed by atoms with Gasteiger partial charge in [0, 0.05) is 5.39 Å². The minimum absolute atomic E-state index is 0.141. The summed E-state index contributed by atoms with van der Waals surface area (Å²) in [5, 5.41) is 5.69. The van der Waals surface area contributed by atoms with Crippen molar-refractivity contribution in [2.75, 3.05) is 6.61 Å². The van der Waals surface area contributed by atoms with E-state index >= 15 is 0 Å². The third kappa shape index (κ3) is 3.18. The van der Waals surface area contributed by atoms with Crippen molar-refractivity contribution >= 4 is 16.9 Å². The van der Waals surface area contributed by atoms with Crippen LogP contribution in [0.4, 0.5) is 0 Å². The molecule has 124 valence electrons. The van der Waals surface area contributed by atoms with Crippen LogP contribution in [0.1, 0.15) is 25.1 Å². The molecule has 3 rings (SSSR count). The number of rotatable bonds is 5. The molecule has 0 atom stereocenters. The molecule has 1 heterocycles. The summed E-state index contributed by atoms with van der Waals surface area (Å²) >= 11 is 0. The summed E-state index contributed by atoms with van der Waals surface area (Å²) in [6, 6.07) is 14.7. The third-order valence-corrected chi connectivity index (χ3v) is 4.13. The number of nitrogens with zero attached hydrogens (tertiary/aromatic N) is 2. The van der Waals surface area contributed by atoms with Crippen LogP contribution in [0.5, 0.6) is 0 Å². The molecule has 2 aromatic carbocycles. The molecule has 0 fully saturated rings. The van der Waals surface area contributed by atoms with Gasteiger partial charge in [-0.1, -0.05) is 48.9 Å². The Kier molecular flexibility index (Phi) is 4.65. The molecule has 0 unspecified atom stereocenters. The van der Waals surface area contributed by atoms with Gasteiger partial charge in [0.25, 0.3) is 0 Å². The molecule has 0 radical (unpaired) electrons. The predicted molar refractivity (Wildman–Crippen MR) is 95.9 cm³/mol. The van der Waals surface area contributed by atoms with Gasteiger partial charge in [-0.05, 0) is 37.5 Å². The molecule has 24 heavy (non-hydrogen) atoms. The number of aryl methyl sites for hydroxylation is 2. The Labute approximate surface area is 142 Å². The van der Waals surface area contributed by atoms with Gasteiger partial charge in [0.1, 0.15) is 6.54 Å². The van der Waals surface area contributed by atoms with Gasteiger partial charge in [-0.3, -0.25) is 9.48 Å². The van der Waals surface area contributed by atoms with Gasteiger partial charge < -0.3 is 4.74 Å². The maximum absolute atomic E-state index is 11.9. The number of hydrogen-bond donors (Lipinski definition) is 0. The number of aromatic nitrogens is 2. The molecule has 0 saturated carbocycles. The fourth-order valence-corrected chi connectivity index (χ4v) is 2.88. The first-order valence-electron chi connectivity index (χ1n) is 8.34. The SMILES string of the molecule is CCOC(=O)Cn1nc(CC)c2ccc(-c3ccc(C)cc3)cc21. The van der Waals surface area contributed by atoms with Crippen molar-refractivity contribution in [1.82, 2.24) is 9.78 Å².